The highest BCUT2D eigenvalue weighted by molar-refractivity contribution is 5.92. The number of hydrogen-bond donors (Lipinski definition) is 0. The lowest BCUT2D eigenvalue weighted by Crippen LogP contribution is -2.42. The highest BCUT2D eigenvalue weighted by Gasteiger charge is 2.35. The van der Waals surface area contributed by atoms with Gasteiger partial charge >= 0.3 is 5.97 Å². The lowest BCUT2D eigenvalue weighted by Gasteiger charge is -2.37. The van der Waals surface area contributed by atoms with Crippen LogP contribution in [-0.4, -0.2) is 31.1 Å². The van der Waals surface area contributed by atoms with Gasteiger partial charge in [0.2, 0.25) is 5.91 Å². The first-order valence-electron chi connectivity index (χ1n) is 11.1. The van der Waals surface area contributed by atoms with Crippen molar-refractivity contribution in [1.29, 1.82) is 0 Å². The summed E-state index contributed by atoms with van der Waals surface area (Å²) in [7, 11) is 1.77. The minimum Gasteiger partial charge on any atom is -0.489 e. The maximum Gasteiger partial charge on any atom is 0.308 e. The second kappa shape index (κ2) is 9.23. The van der Waals surface area contributed by atoms with Crippen molar-refractivity contribution in [2.24, 2.45) is 0 Å². The van der Waals surface area contributed by atoms with Crippen molar-refractivity contribution < 1.29 is 23.8 Å². The van der Waals surface area contributed by atoms with Crippen molar-refractivity contribution in [3.8, 4) is 17.2 Å². The molecule has 1 unspecified atom stereocenters. The summed E-state index contributed by atoms with van der Waals surface area (Å²) in [4.78, 5) is 25.1. The molecule has 1 heterocycles. The monoisotopic (exact) mass is 439 g/mol. The summed E-state index contributed by atoms with van der Waals surface area (Å²) in [6.45, 7) is 11.7. The molecule has 0 radical (unpaired) electrons. The van der Waals surface area contributed by atoms with Crippen LogP contribution in [0, 0.1) is 20.8 Å². The van der Waals surface area contributed by atoms with E-state index in [1.54, 1.807) is 11.9 Å². The molecule has 172 valence electrons. The van der Waals surface area contributed by atoms with E-state index in [1.807, 2.05) is 52.0 Å². The molecular weight excluding hydrogens is 406 g/mol. The number of anilines is 1. The van der Waals surface area contributed by atoms with Crippen LogP contribution in [0.25, 0.3) is 0 Å². The zero-order chi connectivity index (χ0) is 23.6. The summed E-state index contributed by atoms with van der Waals surface area (Å²) in [6.07, 6.45) is 2.07. The summed E-state index contributed by atoms with van der Waals surface area (Å²) < 4.78 is 18.0. The summed E-state index contributed by atoms with van der Waals surface area (Å²) in [5.41, 5.74) is 4.32. The number of rotatable bonds is 6. The maximum absolute atomic E-state index is 11.9. The van der Waals surface area contributed by atoms with Crippen molar-refractivity contribution in [2.45, 2.75) is 66.4 Å². The summed E-state index contributed by atoms with van der Waals surface area (Å²) in [5.74, 6) is 1.99. The largest absolute Gasteiger partial charge is 0.489 e. The van der Waals surface area contributed by atoms with Crippen molar-refractivity contribution in [3.05, 3.63) is 46.5 Å². The van der Waals surface area contributed by atoms with Crippen LogP contribution in [-0.2, 0) is 16.0 Å². The predicted molar refractivity (Wildman–Crippen MR) is 125 cm³/mol. The normalized spacial score (nSPS) is 17.2. The van der Waals surface area contributed by atoms with Gasteiger partial charge < -0.3 is 19.1 Å². The fourth-order valence-corrected chi connectivity index (χ4v) is 4.06. The fourth-order valence-electron chi connectivity index (χ4n) is 4.06. The predicted octanol–water partition coefficient (Wildman–Crippen LogP) is 5.07. The van der Waals surface area contributed by atoms with Gasteiger partial charge in [0.15, 0.2) is 0 Å². The number of benzene rings is 2. The second-order valence-electron chi connectivity index (χ2n) is 8.75. The molecule has 1 aliphatic heterocycles. The van der Waals surface area contributed by atoms with Crippen LogP contribution in [0.1, 0.15) is 55.9 Å². The molecule has 0 spiro atoms. The third-order valence-corrected chi connectivity index (χ3v) is 6.25. The zero-order valence-electron chi connectivity index (χ0n) is 20.1. The van der Waals surface area contributed by atoms with Gasteiger partial charge in [-0.05, 0) is 81.5 Å². The van der Waals surface area contributed by atoms with Crippen LogP contribution in [0.4, 0.5) is 5.69 Å². The van der Waals surface area contributed by atoms with E-state index in [-0.39, 0.29) is 11.9 Å². The molecule has 6 heteroatoms. The van der Waals surface area contributed by atoms with Crippen LogP contribution in [0.5, 0.6) is 17.2 Å². The van der Waals surface area contributed by atoms with Gasteiger partial charge in [0, 0.05) is 31.6 Å². The SMILES string of the molecule is CCC(=O)N(C)c1ccc(OCC2(C)CCc3c(C)c(OC(C)=O)c(C)c(C)c3O2)cc1. The fraction of sp³-hybridized carbons (Fsp3) is 0.462. The number of fused-ring (bicyclic) bond motifs is 1. The molecule has 0 N–H and O–H groups in total. The molecule has 0 fully saturated rings. The lowest BCUT2D eigenvalue weighted by atomic mass is 9.87. The number of nitrogens with zero attached hydrogens (tertiary/aromatic N) is 1. The van der Waals surface area contributed by atoms with Gasteiger partial charge in [0.1, 0.15) is 29.5 Å². The Bertz CT molecular complexity index is 1030. The van der Waals surface area contributed by atoms with E-state index in [0.717, 1.165) is 52.3 Å². The Kier molecular flexibility index (Phi) is 6.82. The Balaban J connectivity index is 1.74. The van der Waals surface area contributed by atoms with Crippen molar-refractivity contribution in [1.82, 2.24) is 0 Å². The average molecular weight is 440 g/mol. The van der Waals surface area contributed by atoms with Crippen molar-refractivity contribution in [2.75, 3.05) is 18.6 Å². The van der Waals surface area contributed by atoms with E-state index in [4.69, 9.17) is 14.2 Å². The lowest BCUT2D eigenvalue weighted by molar-refractivity contribution is -0.132. The highest BCUT2D eigenvalue weighted by Crippen LogP contribution is 2.44. The number of carbonyl (C=O) groups excluding carboxylic acids is 2. The van der Waals surface area contributed by atoms with E-state index in [0.29, 0.717) is 18.8 Å². The minimum absolute atomic E-state index is 0.0678. The van der Waals surface area contributed by atoms with Crippen LogP contribution in [0.15, 0.2) is 24.3 Å². The molecule has 1 atom stereocenters. The molecule has 1 amide bonds. The molecule has 2 aromatic rings. The van der Waals surface area contributed by atoms with Gasteiger partial charge in [-0.2, -0.15) is 0 Å². The molecule has 0 saturated carbocycles. The zero-order valence-corrected chi connectivity index (χ0v) is 20.1. The Morgan fingerprint density at radius 3 is 2.34 bits per heavy atom. The summed E-state index contributed by atoms with van der Waals surface area (Å²) in [5, 5.41) is 0. The van der Waals surface area contributed by atoms with Crippen LogP contribution in [0.3, 0.4) is 0 Å². The standard InChI is InChI=1S/C26H33NO5/c1-8-23(29)27(7)20-9-11-21(12-10-20)30-15-26(6)14-13-22-18(4)24(31-19(5)28)16(2)17(3)25(22)32-26/h9-12H,8,13-15H2,1-7H3. The number of esters is 1. The molecule has 2 aromatic carbocycles. The Morgan fingerprint density at radius 1 is 1.09 bits per heavy atom. The average Bonchev–Trinajstić information content (AvgIpc) is 2.78. The molecular formula is C26H33NO5. The number of carbonyl (C=O) groups is 2. The molecule has 32 heavy (non-hydrogen) atoms. The number of hydrogen-bond acceptors (Lipinski definition) is 5. The Labute approximate surface area is 190 Å². The smallest absolute Gasteiger partial charge is 0.308 e. The maximum atomic E-state index is 11.9. The van der Waals surface area contributed by atoms with Crippen LogP contribution < -0.4 is 19.1 Å². The second-order valence-corrected chi connectivity index (χ2v) is 8.75. The van der Waals surface area contributed by atoms with Crippen molar-refractivity contribution in [3.63, 3.8) is 0 Å². The van der Waals surface area contributed by atoms with Gasteiger partial charge in [0.25, 0.3) is 0 Å². The third kappa shape index (κ3) is 4.74. The minimum atomic E-state index is -0.479. The van der Waals surface area contributed by atoms with Gasteiger partial charge in [-0.25, -0.2) is 0 Å². The molecule has 0 bridgehead atoms. The molecule has 0 aromatic heterocycles. The van der Waals surface area contributed by atoms with Crippen LogP contribution in [0.2, 0.25) is 0 Å². The third-order valence-electron chi connectivity index (χ3n) is 6.25. The molecule has 6 nitrogen and oxygen atoms in total. The van der Waals surface area contributed by atoms with Gasteiger partial charge in [-0.3, -0.25) is 9.59 Å². The first kappa shape index (κ1) is 23.6. The van der Waals surface area contributed by atoms with Crippen LogP contribution >= 0.6 is 0 Å². The van der Waals surface area contributed by atoms with E-state index < -0.39 is 5.60 Å². The molecule has 0 aliphatic carbocycles. The Morgan fingerprint density at radius 2 is 1.75 bits per heavy atom. The molecule has 1 aliphatic rings. The van der Waals surface area contributed by atoms with E-state index in [1.165, 1.54) is 6.92 Å². The van der Waals surface area contributed by atoms with Crippen molar-refractivity contribution >= 4 is 17.6 Å². The van der Waals surface area contributed by atoms with E-state index >= 15 is 0 Å². The van der Waals surface area contributed by atoms with E-state index in [2.05, 4.69) is 6.92 Å². The summed E-state index contributed by atoms with van der Waals surface area (Å²) in [6, 6.07) is 7.52. The van der Waals surface area contributed by atoms with E-state index in [9.17, 15) is 9.59 Å². The topological polar surface area (TPSA) is 65.1 Å². The number of ether oxygens (including phenoxy) is 3. The summed E-state index contributed by atoms with van der Waals surface area (Å²) >= 11 is 0. The highest BCUT2D eigenvalue weighted by atomic mass is 16.5. The van der Waals surface area contributed by atoms with Gasteiger partial charge in [-0.1, -0.05) is 6.92 Å². The Hall–Kier alpha value is -3.02. The quantitative estimate of drug-likeness (QED) is 0.464. The molecule has 3 rings (SSSR count). The molecule has 0 saturated heterocycles. The van der Waals surface area contributed by atoms with Gasteiger partial charge in [-0.15, -0.1) is 0 Å². The first-order valence-corrected chi connectivity index (χ1v) is 11.1. The van der Waals surface area contributed by atoms with Gasteiger partial charge in [0.05, 0.1) is 0 Å². The first-order chi connectivity index (χ1) is 15.1. The number of amides is 1.